The van der Waals surface area contributed by atoms with Crippen LogP contribution in [-0.4, -0.2) is 50.3 Å². The number of halogens is 2. The Labute approximate surface area is 161 Å². The summed E-state index contributed by atoms with van der Waals surface area (Å²) in [5.74, 6) is 0.794. The van der Waals surface area contributed by atoms with E-state index in [9.17, 15) is 4.39 Å². The van der Waals surface area contributed by atoms with Crippen molar-refractivity contribution >= 4 is 29.9 Å². The Bertz CT molecular complexity index is 505. The predicted molar refractivity (Wildman–Crippen MR) is 108 cm³/mol. The van der Waals surface area contributed by atoms with Crippen molar-refractivity contribution < 1.29 is 9.13 Å². The van der Waals surface area contributed by atoms with Crippen molar-refractivity contribution in [1.29, 1.82) is 0 Å². The summed E-state index contributed by atoms with van der Waals surface area (Å²) in [5.41, 5.74) is 1.04. The van der Waals surface area contributed by atoms with Crippen molar-refractivity contribution in [2.75, 3.05) is 33.3 Å². The number of hydrogen-bond acceptors (Lipinski definition) is 2. The molecule has 0 bridgehead atoms. The summed E-state index contributed by atoms with van der Waals surface area (Å²) in [6.45, 7) is 5.64. The van der Waals surface area contributed by atoms with E-state index in [1.54, 1.807) is 12.1 Å². The maximum absolute atomic E-state index is 13.1. The number of piperidine rings is 1. The first-order valence-electron chi connectivity index (χ1n) is 8.54. The first-order valence-corrected chi connectivity index (χ1v) is 8.54. The topological polar surface area (TPSA) is 36.9 Å². The van der Waals surface area contributed by atoms with Gasteiger partial charge in [-0.1, -0.05) is 12.1 Å². The van der Waals surface area contributed by atoms with Crippen LogP contribution in [0.1, 0.15) is 31.7 Å². The van der Waals surface area contributed by atoms with Crippen molar-refractivity contribution in [2.45, 2.75) is 38.7 Å². The molecule has 0 saturated carbocycles. The normalized spacial score (nSPS) is 16.0. The van der Waals surface area contributed by atoms with Crippen molar-refractivity contribution in [3.8, 4) is 0 Å². The summed E-state index contributed by atoms with van der Waals surface area (Å²) >= 11 is 0. The fourth-order valence-electron chi connectivity index (χ4n) is 2.99. The van der Waals surface area contributed by atoms with E-state index in [1.807, 2.05) is 20.0 Å². The monoisotopic (exact) mass is 449 g/mol. The van der Waals surface area contributed by atoms with Crippen LogP contribution in [0.3, 0.4) is 0 Å². The van der Waals surface area contributed by atoms with E-state index >= 15 is 0 Å². The zero-order valence-electron chi connectivity index (χ0n) is 14.6. The molecule has 0 spiro atoms. The molecule has 6 heteroatoms. The highest BCUT2D eigenvalue weighted by atomic mass is 127. The van der Waals surface area contributed by atoms with Crippen LogP contribution in [0.5, 0.6) is 0 Å². The molecular formula is C18H29FIN3O. The molecule has 0 aliphatic carbocycles. The van der Waals surface area contributed by atoms with Gasteiger partial charge in [0.1, 0.15) is 5.82 Å². The molecule has 0 unspecified atom stereocenters. The molecule has 0 amide bonds. The van der Waals surface area contributed by atoms with E-state index in [1.165, 1.54) is 6.07 Å². The summed E-state index contributed by atoms with van der Waals surface area (Å²) in [6.07, 6.45) is 4.32. The Kier molecular flexibility index (Phi) is 10.2. The molecule has 2 rings (SSSR count). The molecule has 1 aliphatic rings. The number of guanidine groups is 1. The van der Waals surface area contributed by atoms with Gasteiger partial charge in [0.2, 0.25) is 0 Å². The van der Waals surface area contributed by atoms with Gasteiger partial charge in [-0.05, 0) is 50.3 Å². The van der Waals surface area contributed by atoms with Gasteiger partial charge >= 0.3 is 0 Å². The molecule has 136 valence electrons. The lowest BCUT2D eigenvalue weighted by Gasteiger charge is -2.34. The van der Waals surface area contributed by atoms with E-state index < -0.39 is 0 Å². The first-order chi connectivity index (χ1) is 11.2. The quantitative estimate of drug-likeness (QED) is 0.313. The van der Waals surface area contributed by atoms with Crippen molar-refractivity contribution in [3.05, 3.63) is 35.6 Å². The number of nitrogens with zero attached hydrogens (tertiary/aromatic N) is 2. The molecule has 24 heavy (non-hydrogen) atoms. The highest BCUT2D eigenvalue weighted by molar-refractivity contribution is 14.0. The van der Waals surface area contributed by atoms with E-state index in [2.05, 4.69) is 15.2 Å². The minimum Gasteiger partial charge on any atom is -0.378 e. The highest BCUT2D eigenvalue weighted by Crippen LogP contribution is 2.13. The molecule has 0 atom stereocenters. The van der Waals surface area contributed by atoms with Gasteiger partial charge in [-0.25, -0.2) is 4.39 Å². The van der Waals surface area contributed by atoms with Gasteiger partial charge in [-0.15, -0.1) is 24.0 Å². The summed E-state index contributed by atoms with van der Waals surface area (Å²) in [7, 11) is 1.82. The van der Waals surface area contributed by atoms with Gasteiger partial charge in [0.25, 0.3) is 0 Å². The standard InChI is InChI=1S/C18H28FN3O.HI/c1-3-23-17-9-12-22(13-10-17)18(20-2)21-11-5-7-15-6-4-8-16(19)14-15;/h4,6,8,14,17H,3,5,7,9-13H2,1-2H3,(H,20,21);1H. The second kappa shape index (κ2) is 11.6. The molecule has 4 nitrogen and oxygen atoms in total. The summed E-state index contributed by atoms with van der Waals surface area (Å²) in [4.78, 5) is 6.66. The number of likely N-dealkylation sites (tertiary alicyclic amines) is 1. The molecule has 1 heterocycles. The Morgan fingerprint density at radius 3 is 2.75 bits per heavy atom. The molecule has 1 fully saturated rings. The summed E-state index contributed by atoms with van der Waals surface area (Å²) < 4.78 is 18.8. The van der Waals surface area contributed by atoms with Gasteiger partial charge < -0.3 is 15.0 Å². The first kappa shape index (κ1) is 21.2. The fraction of sp³-hybridized carbons (Fsp3) is 0.611. The fourth-order valence-corrected chi connectivity index (χ4v) is 2.99. The van der Waals surface area contributed by atoms with Crippen LogP contribution >= 0.6 is 24.0 Å². The van der Waals surface area contributed by atoms with Gasteiger partial charge in [0.05, 0.1) is 6.10 Å². The van der Waals surface area contributed by atoms with Crippen molar-refractivity contribution in [3.63, 3.8) is 0 Å². The molecule has 1 aromatic rings. The van der Waals surface area contributed by atoms with E-state index in [4.69, 9.17) is 4.74 Å². The number of ether oxygens (including phenoxy) is 1. The molecular weight excluding hydrogens is 420 g/mol. The minimum atomic E-state index is -0.163. The molecule has 1 N–H and O–H groups in total. The van der Waals surface area contributed by atoms with Gasteiger partial charge in [0.15, 0.2) is 5.96 Å². The Morgan fingerprint density at radius 2 is 2.12 bits per heavy atom. The number of rotatable bonds is 6. The molecule has 0 radical (unpaired) electrons. The van der Waals surface area contributed by atoms with E-state index in [0.29, 0.717) is 6.10 Å². The smallest absolute Gasteiger partial charge is 0.193 e. The van der Waals surface area contributed by atoms with Gasteiger partial charge in [-0.3, -0.25) is 4.99 Å². The zero-order valence-corrected chi connectivity index (χ0v) is 17.0. The van der Waals surface area contributed by atoms with Crippen LogP contribution in [0.2, 0.25) is 0 Å². The second-order valence-electron chi connectivity index (χ2n) is 5.85. The minimum absolute atomic E-state index is 0. The lowest BCUT2D eigenvalue weighted by atomic mass is 10.1. The maximum Gasteiger partial charge on any atom is 0.193 e. The average molecular weight is 449 g/mol. The van der Waals surface area contributed by atoms with Crippen LogP contribution in [0.4, 0.5) is 4.39 Å². The zero-order chi connectivity index (χ0) is 16.5. The lowest BCUT2D eigenvalue weighted by molar-refractivity contribution is 0.0264. The van der Waals surface area contributed by atoms with Crippen LogP contribution in [0, 0.1) is 5.82 Å². The molecule has 1 aromatic carbocycles. The second-order valence-corrected chi connectivity index (χ2v) is 5.85. The van der Waals surface area contributed by atoms with Crippen LogP contribution in [-0.2, 0) is 11.2 Å². The van der Waals surface area contributed by atoms with Crippen molar-refractivity contribution in [1.82, 2.24) is 10.2 Å². The third-order valence-corrected chi connectivity index (χ3v) is 4.17. The van der Waals surface area contributed by atoms with Crippen molar-refractivity contribution in [2.24, 2.45) is 4.99 Å². The van der Waals surface area contributed by atoms with Gasteiger partial charge in [-0.2, -0.15) is 0 Å². The van der Waals surface area contributed by atoms with Crippen LogP contribution in [0.25, 0.3) is 0 Å². The Hall–Kier alpha value is -0.890. The number of nitrogens with one attached hydrogen (secondary N) is 1. The predicted octanol–water partition coefficient (Wildman–Crippen LogP) is 3.45. The molecule has 0 aromatic heterocycles. The Balaban J connectivity index is 0.00000288. The lowest BCUT2D eigenvalue weighted by Crippen LogP contribution is -2.47. The van der Waals surface area contributed by atoms with Crippen LogP contribution in [0.15, 0.2) is 29.3 Å². The third kappa shape index (κ3) is 6.93. The van der Waals surface area contributed by atoms with E-state index in [0.717, 1.165) is 63.4 Å². The number of benzene rings is 1. The highest BCUT2D eigenvalue weighted by Gasteiger charge is 2.21. The van der Waals surface area contributed by atoms with Gasteiger partial charge in [0, 0.05) is 33.3 Å². The number of hydrogen-bond donors (Lipinski definition) is 1. The SMILES string of the molecule is CCOC1CCN(C(=NC)NCCCc2cccc(F)c2)CC1.I. The molecule has 1 saturated heterocycles. The summed E-state index contributed by atoms with van der Waals surface area (Å²) in [6, 6.07) is 6.82. The number of aliphatic imine (C=N–C) groups is 1. The van der Waals surface area contributed by atoms with Crippen LogP contribution < -0.4 is 5.32 Å². The van der Waals surface area contributed by atoms with E-state index in [-0.39, 0.29) is 29.8 Å². The summed E-state index contributed by atoms with van der Waals surface area (Å²) in [5, 5.41) is 3.41. The largest absolute Gasteiger partial charge is 0.378 e. The maximum atomic E-state index is 13.1. The Morgan fingerprint density at radius 1 is 1.38 bits per heavy atom. The number of aryl methyl sites for hydroxylation is 1. The molecule has 1 aliphatic heterocycles. The third-order valence-electron chi connectivity index (χ3n) is 4.17. The average Bonchev–Trinajstić information content (AvgIpc) is 2.56.